The lowest BCUT2D eigenvalue weighted by Gasteiger charge is -2.31. The average molecular weight is 442 g/mol. The molecule has 1 aliphatic heterocycles. The normalized spacial score (nSPS) is 16.1. The number of amides is 1. The molecule has 1 aromatic rings. The molecule has 0 aliphatic carbocycles. The van der Waals surface area contributed by atoms with Crippen LogP contribution in [0.3, 0.4) is 0 Å². The molecule has 0 saturated carbocycles. The summed E-state index contributed by atoms with van der Waals surface area (Å²) in [6, 6.07) is 2.63. The molecular weight excluding hydrogens is 424 g/mol. The van der Waals surface area contributed by atoms with Gasteiger partial charge in [0.1, 0.15) is 4.90 Å². The average Bonchev–Trinajstić information content (AvgIpc) is 2.54. The van der Waals surface area contributed by atoms with Crippen LogP contribution in [-0.4, -0.2) is 52.8 Å². The maximum Gasteiger partial charge on any atom is 0.409 e. The number of carbonyl (C=O) groups excluding carboxylic acids is 1. The van der Waals surface area contributed by atoms with Crippen molar-refractivity contribution in [1.82, 2.24) is 9.62 Å². The van der Waals surface area contributed by atoms with E-state index in [0.29, 0.717) is 30.4 Å². The Hall–Kier alpha value is -1.03. The molecule has 1 aromatic carbocycles. The second-order valence-corrected chi connectivity index (χ2v) is 8.24. The van der Waals surface area contributed by atoms with E-state index in [-0.39, 0.29) is 21.7 Å². The molecule has 0 aromatic heterocycles. The smallest absolute Gasteiger partial charge is 0.409 e. The van der Waals surface area contributed by atoms with Crippen LogP contribution < -0.4 is 9.46 Å². The second kappa shape index (κ2) is 7.90. The number of benzene rings is 1. The highest BCUT2D eigenvalue weighted by atomic mass is 79.9. The number of nitrogens with zero attached hydrogens (tertiary/aromatic N) is 1. The van der Waals surface area contributed by atoms with E-state index in [9.17, 15) is 13.2 Å². The summed E-state index contributed by atoms with van der Waals surface area (Å²) in [6.45, 7) is 0.854. The summed E-state index contributed by atoms with van der Waals surface area (Å²) in [4.78, 5) is 13.0. The van der Waals surface area contributed by atoms with Gasteiger partial charge >= 0.3 is 6.09 Å². The molecule has 1 fully saturated rings. The number of likely N-dealkylation sites (tertiary alicyclic amines) is 1. The molecule has 0 atom stereocenters. The van der Waals surface area contributed by atoms with Gasteiger partial charge in [-0.15, -0.1) is 0 Å². The van der Waals surface area contributed by atoms with Gasteiger partial charge in [0.25, 0.3) is 0 Å². The van der Waals surface area contributed by atoms with E-state index in [1.54, 1.807) is 11.0 Å². The third kappa shape index (κ3) is 4.33. The van der Waals surface area contributed by atoms with Crippen molar-refractivity contribution < 1.29 is 22.7 Å². The van der Waals surface area contributed by atoms with Crippen molar-refractivity contribution in [1.29, 1.82) is 0 Å². The van der Waals surface area contributed by atoms with Gasteiger partial charge in [-0.1, -0.05) is 11.6 Å². The van der Waals surface area contributed by atoms with E-state index in [4.69, 9.17) is 16.3 Å². The minimum Gasteiger partial charge on any atom is -0.494 e. The molecule has 1 amide bonds. The molecule has 1 aliphatic rings. The van der Waals surface area contributed by atoms with Gasteiger partial charge in [0, 0.05) is 24.2 Å². The lowest BCUT2D eigenvalue weighted by atomic mass is 10.1. The number of methoxy groups -OCH3 is 2. The molecule has 1 heterocycles. The van der Waals surface area contributed by atoms with Gasteiger partial charge in [-0.2, -0.15) is 0 Å². The van der Waals surface area contributed by atoms with Crippen LogP contribution in [0.5, 0.6) is 5.75 Å². The van der Waals surface area contributed by atoms with Gasteiger partial charge in [-0.3, -0.25) is 0 Å². The number of hydrogen-bond acceptors (Lipinski definition) is 5. The Morgan fingerprint density at radius 3 is 2.50 bits per heavy atom. The van der Waals surface area contributed by atoms with E-state index < -0.39 is 16.1 Å². The minimum atomic E-state index is -3.82. The van der Waals surface area contributed by atoms with Gasteiger partial charge < -0.3 is 14.4 Å². The summed E-state index contributed by atoms with van der Waals surface area (Å²) < 4.78 is 38.3. The van der Waals surface area contributed by atoms with E-state index in [1.807, 2.05) is 0 Å². The van der Waals surface area contributed by atoms with Crippen molar-refractivity contribution in [3.63, 3.8) is 0 Å². The Bertz CT molecular complexity index is 720. The molecule has 1 saturated heterocycles. The molecule has 0 bridgehead atoms. The number of ether oxygens (including phenoxy) is 2. The number of nitrogens with one attached hydrogen (secondary N) is 1. The highest BCUT2D eigenvalue weighted by Gasteiger charge is 2.29. The molecule has 1 N–H and O–H groups in total. The molecular formula is C14H18BrClN2O5S. The summed E-state index contributed by atoms with van der Waals surface area (Å²) in [5.41, 5.74) is 0. The van der Waals surface area contributed by atoms with Crippen molar-refractivity contribution in [3.05, 3.63) is 21.6 Å². The fraction of sp³-hybridized carbons (Fsp3) is 0.500. The summed E-state index contributed by atoms with van der Waals surface area (Å²) in [7, 11) is -1.10. The number of halogens is 2. The van der Waals surface area contributed by atoms with Crippen LogP contribution in [0.25, 0.3) is 0 Å². The molecule has 134 valence electrons. The Balaban J connectivity index is 2.15. The van der Waals surface area contributed by atoms with E-state index >= 15 is 0 Å². The van der Waals surface area contributed by atoms with Crippen molar-refractivity contribution in [2.45, 2.75) is 23.8 Å². The highest BCUT2D eigenvalue weighted by Crippen LogP contribution is 2.35. The van der Waals surface area contributed by atoms with Crippen LogP contribution in [-0.2, 0) is 14.8 Å². The van der Waals surface area contributed by atoms with Crippen LogP contribution >= 0.6 is 27.5 Å². The lowest BCUT2D eigenvalue weighted by molar-refractivity contribution is 0.111. The predicted molar refractivity (Wildman–Crippen MR) is 93.0 cm³/mol. The molecule has 0 unspecified atom stereocenters. The number of rotatable bonds is 4. The summed E-state index contributed by atoms with van der Waals surface area (Å²) in [5.74, 6) is 0.193. The molecule has 7 nitrogen and oxygen atoms in total. The quantitative estimate of drug-likeness (QED) is 0.776. The predicted octanol–water partition coefficient (Wildman–Crippen LogP) is 2.62. The van der Waals surface area contributed by atoms with E-state index in [1.165, 1.54) is 20.3 Å². The summed E-state index contributed by atoms with van der Waals surface area (Å²) in [5, 5.41) is 0.281. The van der Waals surface area contributed by atoms with Crippen LogP contribution in [0.2, 0.25) is 5.02 Å². The zero-order chi connectivity index (χ0) is 17.9. The molecule has 0 spiro atoms. The third-order valence-electron chi connectivity index (χ3n) is 3.72. The topological polar surface area (TPSA) is 84.9 Å². The molecule has 10 heteroatoms. The summed E-state index contributed by atoms with van der Waals surface area (Å²) >= 11 is 9.21. The first kappa shape index (κ1) is 19.3. The fourth-order valence-electron chi connectivity index (χ4n) is 2.53. The molecule has 0 radical (unpaired) electrons. The minimum absolute atomic E-state index is 0.0280. The number of hydrogen-bond donors (Lipinski definition) is 1. The Labute approximate surface area is 154 Å². The largest absolute Gasteiger partial charge is 0.494 e. The first-order valence-electron chi connectivity index (χ1n) is 7.16. The van der Waals surface area contributed by atoms with Gasteiger partial charge in [-0.05, 0) is 40.9 Å². The van der Waals surface area contributed by atoms with E-state index in [2.05, 4.69) is 25.4 Å². The van der Waals surface area contributed by atoms with Crippen molar-refractivity contribution in [3.8, 4) is 5.75 Å². The van der Waals surface area contributed by atoms with Crippen molar-refractivity contribution in [2.24, 2.45) is 0 Å². The monoisotopic (exact) mass is 440 g/mol. The maximum atomic E-state index is 12.7. The first-order chi connectivity index (χ1) is 11.3. The number of carbonyl (C=O) groups is 1. The Kier molecular flexibility index (Phi) is 6.35. The SMILES string of the molecule is COC(=O)N1CCC(NS(=O)(=O)c2cc(Cl)cc(Br)c2OC)CC1. The summed E-state index contributed by atoms with van der Waals surface area (Å²) in [6.07, 6.45) is 0.591. The third-order valence-corrected chi connectivity index (χ3v) is 6.05. The van der Waals surface area contributed by atoms with Gasteiger partial charge in [-0.25, -0.2) is 17.9 Å². The van der Waals surface area contributed by atoms with Crippen LogP contribution in [0.1, 0.15) is 12.8 Å². The van der Waals surface area contributed by atoms with Crippen LogP contribution in [0, 0.1) is 0 Å². The molecule has 24 heavy (non-hydrogen) atoms. The first-order valence-corrected chi connectivity index (χ1v) is 9.82. The van der Waals surface area contributed by atoms with Crippen LogP contribution in [0.4, 0.5) is 4.79 Å². The van der Waals surface area contributed by atoms with Crippen molar-refractivity contribution >= 4 is 43.6 Å². The number of sulfonamides is 1. The zero-order valence-corrected chi connectivity index (χ0v) is 16.4. The number of piperidine rings is 1. The van der Waals surface area contributed by atoms with Gasteiger partial charge in [0.2, 0.25) is 10.0 Å². The second-order valence-electron chi connectivity index (χ2n) is 5.27. The van der Waals surface area contributed by atoms with Gasteiger partial charge in [0.15, 0.2) is 5.75 Å². The van der Waals surface area contributed by atoms with Crippen molar-refractivity contribution in [2.75, 3.05) is 27.3 Å². The highest BCUT2D eigenvalue weighted by molar-refractivity contribution is 9.10. The molecule has 2 rings (SSSR count). The standard InChI is InChI=1S/C14H18BrClN2O5S/c1-22-13-11(15)7-9(16)8-12(13)24(20,21)17-10-3-5-18(6-4-10)14(19)23-2/h7-8,10,17H,3-6H2,1-2H3. The maximum absolute atomic E-state index is 12.7. The lowest BCUT2D eigenvalue weighted by Crippen LogP contribution is -2.46. The Morgan fingerprint density at radius 2 is 1.96 bits per heavy atom. The van der Waals surface area contributed by atoms with E-state index in [0.717, 1.165) is 0 Å². The van der Waals surface area contributed by atoms with Crippen LogP contribution in [0.15, 0.2) is 21.5 Å². The fourth-order valence-corrected chi connectivity index (χ4v) is 5.22. The Morgan fingerprint density at radius 1 is 1.33 bits per heavy atom. The zero-order valence-electron chi connectivity index (χ0n) is 13.2. The van der Waals surface area contributed by atoms with Gasteiger partial charge in [0.05, 0.1) is 18.7 Å².